The lowest BCUT2D eigenvalue weighted by Gasteiger charge is -2.25. The fourth-order valence-electron chi connectivity index (χ4n) is 4.50. The zero-order valence-electron chi connectivity index (χ0n) is 19.3. The van der Waals surface area contributed by atoms with Gasteiger partial charge in [0.1, 0.15) is 6.04 Å². The second-order valence-corrected chi connectivity index (χ2v) is 8.86. The number of nitrogens with one attached hydrogen (secondary N) is 1. The lowest BCUT2D eigenvalue weighted by Crippen LogP contribution is -2.48. The summed E-state index contributed by atoms with van der Waals surface area (Å²) in [5.74, 6) is -2.86. The van der Waals surface area contributed by atoms with Crippen LogP contribution >= 0.6 is 0 Å². The largest absolute Gasteiger partial charge is 0.454 e. The molecule has 0 spiro atoms. The third kappa shape index (κ3) is 4.93. The van der Waals surface area contributed by atoms with Crippen molar-refractivity contribution in [3.05, 3.63) is 77.4 Å². The molecular formula is C27H28N2O5. The van der Waals surface area contributed by atoms with E-state index in [1.165, 1.54) is 0 Å². The molecule has 1 fully saturated rings. The minimum absolute atomic E-state index is 0.128. The predicted octanol–water partition coefficient (Wildman–Crippen LogP) is 3.35. The summed E-state index contributed by atoms with van der Waals surface area (Å²) in [7, 11) is 0. The number of imide groups is 1. The fourth-order valence-corrected chi connectivity index (χ4v) is 4.50. The molecule has 1 N–H and O–H groups in total. The molecule has 2 aromatic rings. The third-order valence-corrected chi connectivity index (χ3v) is 6.53. The van der Waals surface area contributed by atoms with Crippen molar-refractivity contribution < 1.29 is 23.9 Å². The maximum atomic E-state index is 13.1. The molecule has 1 saturated heterocycles. The highest BCUT2D eigenvalue weighted by atomic mass is 16.5. The molecule has 1 heterocycles. The zero-order valence-corrected chi connectivity index (χ0v) is 19.3. The molecule has 2 aliphatic rings. The molecule has 7 nitrogen and oxygen atoms in total. The molecule has 3 atom stereocenters. The summed E-state index contributed by atoms with van der Waals surface area (Å²) in [5, 5.41) is 2.71. The summed E-state index contributed by atoms with van der Waals surface area (Å²) in [5.41, 5.74) is 3.52. The average Bonchev–Trinajstić information content (AvgIpc) is 3.09. The van der Waals surface area contributed by atoms with Gasteiger partial charge in [0.25, 0.3) is 5.91 Å². The van der Waals surface area contributed by atoms with Crippen molar-refractivity contribution in [3.63, 3.8) is 0 Å². The van der Waals surface area contributed by atoms with Crippen LogP contribution in [0.1, 0.15) is 29.5 Å². The number of likely N-dealkylation sites (tertiary alicyclic amines) is 1. The van der Waals surface area contributed by atoms with Crippen molar-refractivity contribution in [1.29, 1.82) is 0 Å². The van der Waals surface area contributed by atoms with Gasteiger partial charge in [-0.1, -0.05) is 48.6 Å². The molecule has 0 radical (unpaired) electrons. The quantitative estimate of drug-likeness (QED) is 0.389. The van der Waals surface area contributed by atoms with Gasteiger partial charge < -0.3 is 10.1 Å². The van der Waals surface area contributed by atoms with Crippen LogP contribution in [0, 0.1) is 25.7 Å². The number of hydrogen-bond acceptors (Lipinski definition) is 5. The predicted molar refractivity (Wildman–Crippen MR) is 127 cm³/mol. The van der Waals surface area contributed by atoms with Gasteiger partial charge in [0.05, 0.1) is 11.8 Å². The molecular weight excluding hydrogens is 432 g/mol. The van der Waals surface area contributed by atoms with Crippen LogP contribution in [0.2, 0.25) is 0 Å². The van der Waals surface area contributed by atoms with Gasteiger partial charge in [0.15, 0.2) is 6.61 Å². The molecule has 2 aromatic carbocycles. The maximum Gasteiger partial charge on any atom is 0.330 e. The van der Waals surface area contributed by atoms with E-state index in [2.05, 4.69) is 5.32 Å². The molecule has 0 saturated carbocycles. The summed E-state index contributed by atoms with van der Waals surface area (Å²) >= 11 is 0. The standard InChI is InChI=1S/C27H28N2O5/c1-17-12-13-20(14-18(17)2)28-24(30)16-34-27(33)23(15-19-8-4-3-5-9-19)29-25(31)21-10-6-7-11-22(21)26(29)32/h3-9,12-14,21-23H,10-11,15-16H2,1-2H3,(H,28,30)/t21-,22-,23+/m1/s1. The number of anilines is 1. The van der Waals surface area contributed by atoms with E-state index in [1.807, 2.05) is 68.5 Å². The smallest absolute Gasteiger partial charge is 0.330 e. The van der Waals surface area contributed by atoms with Gasteiger partial charge in [0.2, 0.25) is 11.8 Å². The first-order valence-corrected chi connectivity index (χ1v) is 11.4. The number of carbonyl (C=O) groups excluding carboxylic acids is 4. The number of aryl methyl sites for hydroxylation is 2. The number of nitrogens with zero attached hydrogens (tertiary/aromatic N) is 1. The first kappa shape index (κ1) is 23.4. The fraction of sp³-hybridized carbons (Fsp3) is 0.333. The molecule has 1 aliphatic carbocycles. The number of rotatable bonds is 7. The van der Waals surface area contributed by atoms with Crippen LogP contribution in [0.5, 0.6) is 0 Å². The summed E-state index contributed by atoms with van der Waals surface area (Å²) in [6.07, 6.45) is 4.90. The van der Waals surface area contributed by atoms with Crippen molar-refractivity contribution in [2.24, 2.45) is 11.8 Å². The Morgan fingerprint density at radius 3 is 2.24 bits per heavy atom. The number of hydrogen-bond donors (Lipinski definition) is 1. The molecule has 4 rings (SSSR count). The van der Waals surface area contributed by atoms with Gasteiger partial charge in [-0.05, 0) is 55.5 Å². The lowest BCUT2D eigenvalue weighted by molar-refractivity contribution is -0.159. The van der Waals surface area contributed by atoms with E-state index in [0.29, 0.717) is 18.5 Å². The molecule has 176 valence electrons. The second-order valence-electron chi connectivity index (χ2n) is 8.86. The summed E-state index contributed by atoms with van der Waals surface area (Å²) in [6, 6.07) is 13.5. The Morgan fingerprint density at radius 2 is 1.62 bits per heavy atom. The molecule has 0 bridgehead atoms. The number of allylic oxidation sites excluding steroid dienone is 2. The maximum absolute atomic E-state index is 13.1. The Kier molecular flexibility index (Phi) is 6.91. The molecule has 34 heavy (non-hydrogen) atoms. The lowest BCUT2D eigenvalue weighted by atomic mass is 9.85. The van der Waals surface area contributed by atoms with E-state index in [9.17, 15) is 19.2 Å². The Labute approximate surface area is 198 Å². The van der Waals surface area contributed by atoms with Crippen LogP contribution < -0.4 is 5.32 Å². The first-order valence-electron chi connectivity index (χ1n) is 11.4. The van der Waals surface area contributed by atoms with Crippen LogP contribution in [0.25, 0.3) is 0 Å². The van der Waals surface area contributed by atoms with Gasteiger partial charge in [-0.3, -0.25) is 19.3 Å². The van der Waals surface area contributed by atoms with Crippen molar-refractivity contribution in [3.8, 4) is 0 Å². The van der Waals surface area contributed by atoms with Crippen molar-refractivity contribution >= 4 is 29.4 Å². The number of carbonyl (C=O) groups is 4. The van der Waals surface area contributed by atoms with Crippen LogP contribution in [0.15, 0.2) is 60.7 Å². The first-order chi connectivity index (χ1) is 16.3. The SMILES string of the molecule is Cc1ccc(NC(=O)COC(=O)[C@H](Cc2ccccc2)N2C(=O)[C@@H]3CC=CC[C@H]3C2=O)cc1C. The van der Waals surface area contributed by atoms with Crippen molar-refractivity contribution in [1.82, 2.24) is 4.90 Å². The van der Waals surface area contributed by atoms with Crippen LogP contribution in [0.3, 0.4) is 0 Å². The highest BCUT2D eigenvalue weighted by Gasteiger charge is 2.51. The number of fused-ring (bicyclic) bond motifs is 1. The summed E-state index contributed by atoms with van der Waals surface area (Å²) in [4.78, 5) is 52.8. The average molecular weight is 461 g/mol. The normalized spacial score (nSPS) is 20.1. The van der Waals surface area contributed by atoms with E-state index in [4.69, 9.17) is 4.74 Å². The molecule has 7 heteroatoms. The van der Waals surface area contributed by atoms with Gasteiger partial charge >= 0.3 is 5.97 Å². The molecule has 0 unspecified atom stereocenters. The van der Waals surface area contributed by atoms with Gasteiger partial charge in [-0.15, -0.1) is 0 Å². The van der Waals surface area contributed by atoms with E-state index in [1.54, 1.807) is 6.07 Å². The molecule has 0 aromatic heterocycles. The molecule has 3 amide bonds. The number of ether oxygens (including phenoxy) is 1. The van der Waals surface area contributed by atoms with Crippen LogP contribution in [-0.4, -0.2) is 41.2 Å². The van der Waals surface area contributed by atoms with Gasteiger partial charge in [-0.2, -0.15) is 0 Å². The minimum Gasteiger partial charge on any atom is -0.454 e. The summed E-state index contributed by atoms with van der Waals surface area (Å²) < 4.78 is 5.31. The summed E-state index contributed by atoms with van der Waals surface area (Å²) in [6.45, 7) is 3.40. The van der Waals surface area contributed by atoms with Crippen LogP contribution in [0.4, 0.5) is 5.69 Å². The highest BCUT2D eigenvalue weighted by molar-refractivity contribution is 6.08. The monoisotopic (exact) mass is 460 g/mol. The van der Waals surface area contributed by atoms with Gasteiger partial charge in [0, 0.05) is 12.1 Å². The Bertz CT molecular complexity index is 1110. The van der Waals surface area contributed by atoms with E-state index >= 15 is 0 Å². The number of esters is 1. The number of amides is 3. The van der Waals surface area contributed by atoms with Crippen LogP contribution in [-0.2, 0) is 30.3 Å². The Balaban J connectivity index is 1.48. The second kappa shape index (κ2) is 10.0. The number of benzene rings is 2. The van der Waals surface area contributed by atoms with E-state index in [-0.39, 0.29) is 18.2 Å². The van der Waals surface area contributed by atoms with Crippen molar-refractivity contribution in [2.75, 3.05) is 11.9 Å². The minimum atomic E-state index is -1.12. The Morgan fingerprint density at radius 1 is 0.971 bits per heavy atom. The highest BCUT2D eigenvalue weighted by Crippen LogP contribution is 2.36. The van der Waals surface area contributed by atoms with E-state index < -0.39 is 36.4 Å². The Hall–Kier alpha value is -3.74. The van der Waals surface area contributed by atoms with E-state index in [0.717, 1.165) is 21.6 Å². The van der Waals surface area contributed by atoms with Gasteiger partial charge in [-0.25, -0.2) is 4.79 Å². The topological polar surface area (TPSA) is 92.8 Å². The molecule has 1 aliphatic heterocycles. The zero-order chi connectivity index (χ0) is 24.2. The van der Waals surface area contributed by atoms with Crippen molar-refractivity contribution in [2.45, 2.75) is 39.2 Å². The third-order valence-electron chi connectivity index (χ3n) is 6.53.